The van der Waals surface area contributed by atoms with Gasteiger partial charge < -0.3 is 19.3 Å². The number of carbonyl (C=O) groups excluding carboxylic acids is 2. The molecule has 6 nitrogen and oxygen atoms in total. The first kappa shape index (κ1) is 15.7. The van der Waals surface area contributed by atoms with E-state index in [-0.39, 0.29) is 18.8 Å². The highest BCUT2D eigenvalue weighted by Gasteiger charge is 2.85. The smallest absolute Gasteiger partial charge is 0.338 e. The zero-order valence-electron chi connectivity index (χ0n) is 13.7. The number of carbonyl (C=O) groups is 2. The summed E-state index contributed by atoms with van der Waals surface area (Å²) in [5.41, 5.74) is -2.84. The SMILES string of the molecule is CO[C@H]1O[C@@]2(C)CC(=O)[C@H]3C[C@]2(O)[C@]13COC(=O)c1ccccc1. The van der Waals surface area contributed by atoms with E-state index in [0.29, 0.717) is 12.0 Å². The molecule has 0 aromatic heterocycles. The standard InChI is InChI=1S/C18H20O6/c1-16-9-13(19)12-8-18(16,21)17(12,15(22-2)24-16)10-23-14(20)11-6-4-3-5-7-11/h3-7,12,15,21H,8-10H2,1-2H3/t12-,15+,16+,17+,18-/m1/s1. The summed E-state index contributed by atoms with van der Waals surface area (Å²) in [7, 11) is 1.47. The average Bonchev–Trinajstić information content (AvgIpc) is 2.64. The van der Waals surface area contributed by atoms with Crippen LogP contribution in [0.25, 0.3) is 0 Å². The van der Waals surface area contributed by atoms with Gasteiger partial charge in [0.25, 0.3) is 0 Å². The molecule has 5 rings (SSSR count). The van der Waals surface area contributed by atoms with Crippen molar-refractivity contribution < 1.29 is 28.9 Å². The van der Waals surface area contributed by atoms with Crippen molar-refractivity contribution in [1.82, 2.24) is 0 Å². The van der Waals surface area contributed by atoms with Crippen molar-refractivity contribution in [2.24, 2.45) is 11.3 Å². The molecule has 1 N–H and O–H groups in total. The molecule has 24 heavy (non-hydrogen) atoms. The van der Waals surface area contributed by atoms with Gasteiger partial charge in [-0.05, 0) is 25.5 Å². The maximum Gasteiger partial charge on any atom is 0.338 e. The van der Waals surface area contributed by atoms with Crippen LogP contribution >= 0.6 is 0 Å². The Hall–Kier alpha value is -1.76. The van der Waals surface area contributed by atoms with Gasteiger partial charge in [0.1, 0.15) is 23.6 Å². The number of hydrogen-bond donors (Lipinski definition) is 1. The molecule has 0 spiro atoms. The predicted molar refractivity (Wildman–Crippen MR) is 82.1 cm³/mol. The molecule has 3 saturated carbocycles. The van der Waals surface area contributed by atoms with Crippen molar-refractivity contribution in [3.63, 3.8) is 0 Å². The van der Waals surface area contributed by atoms with E-state index in [9.17, 15) is 14.7 Å². The Morgan fingerprint density at radius 1 is 1.38 bits per heavy atom. The van der Waals surface area contributed by atoms with E-state index in [1.807, 2.05) is 6.07 Å². The van der Waals surface area contributed by atoms with Crippen LogP contribution in [0.2, 0.25) is 0 Å². The summed E-state index contributed by atoms with van der Waals surface area (Å²) in [6.07, 6.45) is -0.297. The summed E-state index contributed by atoms with van der Waals surface area (Å²) in [6, 6.07) is 8.62. The van der Waals surface area contributed by atoms with E-state index in [0.717, 1.165) is 0 Å². The van der Waals surface area contributed by atoms with E-state index < -0.39 is 34.8 Å². The Morgan fingerprint density at radius 2 is 2.08 bits per heavy atom. The maximum atomic E-state index is 12.4. The summed E-state index contributed by atoms with van der Waals surface area (Å²) in [5, 5.41) is 11.2. The van der Waals surface area contributed by atoms with Crippen molar-refractivity contribution in [1.29, 1.82) is 0 Å². The molecular formula is C18H20O6. The van der Waals surface area contributed by atoms with Gasteiger partial charge in [-0.15, -0.1) is 0 Å². The second-order valence-electron chi connectivity index (χ2n) is 7.16. The van der Waals surface area contributed by atoms with E-state index in [4.69, 9.17) is 14.2 Å². The highest BCUT2D eigenvalue weighted by atomic mass is 16.7. The first-order valence-electron chi connectivity index (χ1n) is 8.06. The summed E-state index contributed by atoms with van der Waals surface area (Å²) >= 11 is 0. The van der Waals surface area contributed by atoms with Crippen LogP contribution in [-0.2, 0) is 19.0 Å². The Labute approximate surface area is 139 Å². The fourth-order valence-electron chi connectivity index (χ4n) is 4.76. The van der Waals surface area contributed by atoms with Crippen molar-refractivity contribution in [2.45, 2.75) is 37.3 Å². The van der Waals surface area contributed by atoms with Crippen LogP contribution in [0, 0.1) is 11.3 Å². The molecule has 1 heterocycles. The molecule has 4 aliphatic rings. The number of ketones is 1. The number of benzene rings is 1. The number of aliphatic hydroxyl groups is 1. The zero-order chi connectivity index (χ0) is 17.2. The van der Waals surface area contributed by atoms with Crippen molar-refractivity contribution >= 4 is 11.8 Å². The average molecular weight is 332 g/mol. The molecule has 4 fully saturated rings. The molecule has 3 aliphatic carbocycles. The minimum absolute atomic E-state index is 0.0312. The van der Waals surface area contributed by atoms with Crippen molar-refractivity contribution in [3.8, 4) is 0 Å². The first-order valence-corrected chi connectivity index (χ1v) is 8.06. The van der Waals surface area contributed by atoms with Gasteiger partial charge in [0.05, 0.1) is 11.0 Å². The molecule has 5 atom stereocenters. The van der Waals surface area contributed by atoms with Crippen LogP contribution in [0.1, 0.15) is 30.1 Å². The fraction of sp³-hybridized carbons (Fsp3) is 0.556. The van der Waals surface area contributed by atoms with Gasteiger partial charge in [-0.25, -0.2) is 4.79 Å². The number of Topliss-reactive ketones (excluding diaryl/α,β-unsaturated/α-hetero) is 1. The number of methoxy groups -OCH3 is 1. The molecule has 0 amide bonds. The van der Waals surface area contributed by atoms with Crippen LogP contribution in [0.15, 0.2) is 30.3 Å². The van der Waals surface area contributed by atoms with Gasteiger partial charge in [-0.1, -0.05) is 18.2 Å². The Bertz CT molecular complexity index is 703. The highest BCUT2D eigenvalue weighted by Crippen LogP contribution is 2.72. The number of rotatable bonds is 4. The molecule has 0 radical (unpaired) electrons. The summed E-state index contributed by atoms with van der Waals surface area (Å²) < 4.78 is 16.8. The van der Waals surface area contributed by atoms with Crippen LogP contribution < -0.4 is 0 Å². The lowest BCUT2D eigenvalue weighted by Gasteiger charge is -2.63. The lowest BCUT2D eigenvalue weighted by molar-refractivity contribution is -0.265. The normalized spacial score (nSPS) is 42.5. The lowest BCUT2D eigenvalue weighted by atomic mass is 9.41. The van der Waals surface area contributed by atoms with Gasteiger partial charge in [-0.3, -0.25) is 4.79 Å². The van der Waals surface area contributed by atoms with E-state index in [2.05, 4.69) is 0 Å². The molecule has 1 aromatic carbocycles. The molecule has 1 saturated heterocycles. The Balaban J connectivity index is 1.63. The minimum Gasteiger partial charge on any atom is -0.461 e. The third-order valence-corrected chi connectivity index (χ3v) is 6.12. The monoisotopic (exact) mass is 332 g/mol. The largest absolute Gasteiger partial charge is 0.461 e. The van der Waals surface area contributed by atoms with Crippen LogP contribution in [0.4, 0.5) is 0 Å². The number of hydrogen-bond acceptors (Lipinski definition) is 6. The minimum atomic E-state index is -1.23. The van der Waals surface area contributed by atoms with Crippen LogP contribution in [0.5, 0.6) is 0 Å². The second kappa shape index (κ2) is 4.88. The molecular weight excluding hydrogens is 312 g/mol. The van der Waals surface area contributed by atoms with Gasteiger partial charge in [0.15, 0.2) is 6.29 Å². The Kier molecular flexibility index (Phi) is 3.20. The van der Waals surface area contributed by atoms with Gasteiger partial charge in [0.2, 0.25) is 0 Å². The van der Waals surface area contributed by atoms with Gasteiger partial charge in [-0.2, -0.15) is 0 Å². The molecule has 0 unspecified atom stereocenters. The third kappa shape index (κ3) is 1.66. The molecule has 1 aromatic rings. The van der Waals surface area contributed by atoms with Crippen molar-refractivity contribution in [2.75, 3.05) is 13.7 Å². The zero-order valence-corrected chi connectivity index (χ0v) is 13.7. The van der Waals surface area contributed by atoms with E-state index in [1.165, 1.54) is 7.11 Å². The van der Waals surface area contributed by atoms with Crippen LogP contribution in [0.3, 0.4) is 0 Å². The highest BCUT2D eigenvalue weighted by molar-refractivity contribution is 5.90. The first-order chi connectivity index (χ1) is 11.4. The second-order valence-corrected chi connectivity index (χ2v) is 7.16. The molecule has 1 aliphatic heterocycles. The summed E-state index contributed by atoms with van der Waals surface area (Å²) in [5.74, 6) is -0.871. The quantitative estimate of drug-likeness (QED) is 0.838. The lowest BCUT2D eigenvalue weighted by Crippen LogP contribution is -2.77. The summed E-state index contributed by atoms with van der Waals surface area (Å²) in [6.45, 7) is 1.62. The molecule has 4 bridgehead atoms. The Morgan fingerprint density at radius 3 is 2.75 bits per heavy atom. The fourth-order valence-corrected chi connectivity index (χ4v) is 4.76. The van der Waals surface area contributed by atoms with E-state index >= 15 is 0 Å². The number of fused-ring (bicyclic) bond motifs is 1. The third-order valence-electron chi connectivity index (χ3n) is 6.12. The number of esters is 1. The van der Waals surface area contributed by atoms with Crippen molar-refractivity contribution in [3.05, 3.63) is 35.9 Å². The molecule has 128 valence electrons. The molecule has 6 heteroatoms. The summed E-state index contributed by atoms with van der Waals surface area (Å²) in [4.78, 5) is 24.7. The topological polar surface area (TPSA) is 82.1 Å². The maximum absolute atomic E-state index is 12.4. The number of ether oxygens (including phenoxy) is 3. The van der Waals surface area contributed by atoms with Gasteiger partial charge in [0, 0.05) is 19.4 Å². The predicted octanol–water partition coefficient (Wildman–Crippen LogP) is 1.31. The van der Waals surface area contributed by atoms with Gasteiger partial charge >= 0.3 is 5.97 Å². The van der Waals surface area contributed by atoms with E-state index in [1.54, 1.807) is 31.2 Å². The van der Waals surface area contributed by atoms with Crippen LogP contribution in [-0.4, -0.2) is 48.1 Å².